The molecular formula is C23H29N5O2. The van der Waals surface area contributed by atoms with Crippen molar-refractivity contribution in [3.05, 3.63) is 78.0 Å². The minimum Gasteiger partial charge on any atom is -0.468 e. The van der Waals surface area contributed by atoms with Crippen LogP contribution in [0, 0.1) is 0 Å². The fourth-order valence-corrected chi connectivity index (χ4v) is 4.00. The number of hydrogen-bond acceptors (Lipinski definition) is 4. The molecule has 4 rings (SSSR count). The summed E-state index contributed by atoms with van der Waals surface area (Å²) in [7, 11) is 0. The Kier molecular flexibility index (Phi) is 6.82. The lowest BCUT2D eigenvalue weighted by Gasteiger charge is -2.33. The monoisotopic (exact) mass is 407 g/mol. The summed E-state index contributed by atoms with van der Waals surface area (Å²) < 4.78 is 7.53. The van der Waals surface area contributed by atoms with E-state index >= 15 is 0 Å². The molecule has 2 aromatic heterocycles. The zero-order valence-electron chi connectivity index (χ0n) is 17.2. The Morgan fingerprint density at radius 3 is 2.60 bits per heavy atom. The number of rotatable bonds is 8. The quantitative estimate of drug-likeness (QED) is 0.599. The first-order valence-corrected chi connectivity index (χ1v) is 10.6. The number of urea groups is 1. The van der Waals surface area contributed by atoms with E-state index in [-0.39, 0.29) is 12.1 Å². The fourth-order valence-electron chi connectivity index (χ4n) is 4.00. The highest BCUT2D eigenvalue weighted by Crippen LogP contribution is 2.24. The van der Waals surface area contributed by atoms with Gasteiger partial charge in [0.2, 0.25) is 0 Å². The average Bonchev–Trinajstić information content (AvgIpc) is 3.49. The van der Waals surface area contributed by atoms with Gasteiger partial charge in [-0.2, -0.15) is 5.10 Å². The predicted octanol–water partition coefficient (Wildman–Crippen LogP) is 3.55. The number of benzene rings is 1. The molecule has 1 aliphatic rings. The smallest absolute Gasteiger partial charge is 0.315 e. The average molecular weight is 408 g/mol. The normalized spacial score (nSPS) is 15.6. The molecule has 1 saturated heterocycles. The number of carbonyl (C=O) groups excluding carboxylic acids is 1. The Bertz CT molecular complexity index is 902. The second-order valence-corrected chi connectivity index (χ2v) is 7.66. The summed E-state index contributed by atoms with van der Waals surface area (Å²) in [6.07, 6.45) is 9.06. The van der Waals surface area contributed by atoms with Crippen molar-refractivity contribution < 1.29 is 9.21 Å². The van der Waals surface area contributed by atoms with Crippen LogP contribution in [0.1, 0.15) is 42.2 Å². The minimum absolute atomic E-state index is 0.0677. The van der Waals surface area contributed by atoms with Crippen LogP contribution in [-0.2, 0) is 13.1 Å². The summed E-state index contributed by atoms with van der Waals surface area (Å²) in [5, 5.41) is 10.3. The van der Waals surface area contributed by atoms with Gasteiger partial charge in [0.05, 0.1) is 18.8 Å². The first-order valence-electron chi connectivity index (χ1n) is 10.6. The van der Waals surface area contributed by atoms with Crippen LogP contribution in [0.2, 0.25) is 0 Å². The number of hydrogen-bond donors (Lipinski definition) is 2. The predicted molar refractivity (Wildman–Crippen MR) is 115 cm³/mol. The van der Waals surface area contributed by atoms with Crippen LogP contribution >= 0.6 is 0 Å². The van der Waals surface area contributed by atoms with Gasteiger partial charge in [-0.05, 0) is 55.3 Å². The Hall–Kier alpha value is -3.06. The van der Waals surface area contributed by atoms with Crippen LogP contribution in [-0.4, -0.2) is 40.3 Å². The van der Waals surface area contributed by atoms with Crippen molar-refractivity contribution in [3.8, 4) is 0 Å². The first-order chi connectivity index (χ1) is 14.8. The number of carbonyl (C=O) groups is 1. The summed E-state index contributed by atoms with van der Waals surface area (Å²) in [6.45, 7) is 3.75. The van der Waals surface area contributed by atoms with Gasteiger partial charge >= 0.3 is 6.03 Å². The maximum absolute atomic E-state index is 12.5. The fraction of sp³-hybridized carbons (Fsp3) is 0.391. The Morgan fingerprint density at radius 1 is 1.03 bits per heavy atom. The summed E-state index contributed by atoms with van der Waals surface area (Å²) in [6, 6.07) is 13.8. The van der Waals surface area contributed by atoms with E-state index in [4.69, 9.17) is 4.42 Å². The Labute approximate surface area is 177 Å². The van der Waals surface area contributed by atoms with Gasteiger partial charge < -0.3 is 15.1 Å². The van der Waals surface area contributed by atoms with E-state index in [2.05, 4.69) is 26.7 Å². The third-order valence-corrected chi connectivity index (χ3v) is 5.61. The number of aromatic nitrogens is 2. The molecule has 30 heavy (non-hydrogen) atoms. The van der Waals surface area contributed by atoms with Crippen LogP contribution in [0.15, 0.2) is 65.5 Å². The molecule has 7 heteroatoms. The second-order valence-electron chi connectivity index (χ2n) is 7.66. The molecule has 1 fully saturated rings. The van der Waals surface area contributed by atoms with E-state index in [1.54, 1.807) is 12.5 Å². The molecule has 0 radical (unpaired) electrons. The molecule has 7 nitrogen and oxygen atoms in total. The third kappa shape index (κ3) is 5.30. The van der Waals surface area contributed by atoms with Crippen molar-refractivity contribution in [2.45, 2.75) is 38.4 Å². The summed E-state index contributed by atoms with van der Waals surface area (Å²) in [5.74, 6) is 0.904. The Balaban J connectivity index is 1.32. The van der Waals surface area contributed by atoms with Crippen LogP contribution in [0.4, 0.5) is 4.79 Å². The molecule has 3 heterocycles. The van der Waals surface area contributed by atoms with Crippen LogP contribution in [0.25, 0.3) is 0 Å². The maximum atomic E-state index is 12.5. The number of furan rings is 1. The largest absolute Gasteiger partial charge is 0.468 e. The van der Waals surface area contributed by atoms with Crippen molar-refractivity contribution in [2.75, 3.05) is 19.6 Å². The summed E-state index contributed by atoms with van der Waals surface area (Å²) >= 11 is 0. The second kappa shape index (κ2) is 10.1. The van der Waals surface area contributed by atoms with Gasteiger partial charge in [-0.3, -0.25) is 9.58 Å². The molecule has 1 atom stereocenters. The zero-order chi connectivity index (χ0) is 20.6. The SMILES string of the molecule is O=C(NCc1ccccc1Cn1cccn1)NCC(c1ccco1)N1CCCCC1. The number of likely N-dealkylation sites (tertiary alicyclic amines) is 1. The Morgan fingerprint density at radius 2 is 1.87 bits per heavy atom. The van der Waals surface area contributed by atoms with Gasteiger partial charge in [0.25, 0.3) is 0 Å². The molecule has 0 aliphatic carbocycles. The van der Waals surface area contributed by atoms with Crippen molar-refractivity contribution in [2.24, 2.45) is 0 Å². The van der Waals surface area contributed by atoms with Gasteiger partial charge in [0.15, 0.2) is 0 Å². The molecule has 2 amide bonds. The molecule has 1 unspecified atom stereocenters. The van der Waals surface area contributed by atoms with E-state index in [1.165, 1.54) is 19.3 Å². The number of amides is 2. The van der Waals surface area contributed by atoms with Gasteiger partial charge in [0, 0.05) is 25.5 Å². The van der Waals surface area contributed by atoms with Crippen molar-refractivity contribution in [3.63, 3.8) is 0 Å². The molecule has 158 valence electrons. The highest BCUT2D eigenvalue weighted by molar-refractivity contribution is 5.73. The summed E-state index contributed by atoms with van der Waals surface area (Å²) in [5.41, 5.74) is 2.23. The lowest BCUT2D eigenvalue weighted by Crippen LogP contribution is -2.43. The van der Waals surface area contributed by atoms with Gasteiger partial charge in [-0.15, -0.1) is 0 Å². The maximum Gasteiger partial charge on any atom is 0.315 e. The highest BCUT2D eigenvalue weighted by Gasteiger charge is 2.24. The zero-order valence-corrected chi connectivity index (χ0v) is 17.2. The van der Waals surface area contributed by atoms with Gasteiger partial charge in [-0.25, -0.2) is 4.79 Å². The first kappa shape index (κ1) is 20.2. The van der Waals surface area contributed by atoms with Crippen LogP contribution < -0.4 is 10.6 Å². The number of nitrogens with zero attached hydrogens (tertiary/aromatic N) is 3. The molecule has 1 aliphatic heterocycles. The molecule has 2 N–H and O–H groups in total. The van der Waals surface area contributed by atoms with Crippen LogP contribution in [0.5, 0.6) is 0 Å². The topological polar surface area (TPSA) is 75.3 Å². The van der Waals surface area contributed by atoms with E-state index < -0.39 is 0 Å². The third-order valence-electron chi connectivity index (χ3n) is 5.61. The van der Waals surface area contributed by atoms with Crippen LogP contribution in [0.3, 0.4) is 0 Å². The molecule has 0 bridgehead atoms. The van der Waals surface area contributed by atoms with E-state index in [9.17, 15) is 4.79 Å². The van der Waals surface area contributed by atoms with Crippen molar-refractivity contribution in [1.82, 2.24) is 25.3 Å². The molecule has 3 aromatic rings. The van der Waals surface area contributed by atoms with E-state index in [0.29, 0.717) is 19.6 Å². The highest BCUT2D eigenvalue weighted by atomic mass is 16.3. The van der Waals surface area contributed by atoms with E-state index in [0.717, 1.165) is 30.0 Å². The lowest BCUT2D eigenvalue weighted by molar-refractivity contribution is 0.143. The number of nitrogens with one attached hydrogen (secondary N) is 2. The van der Waals surface area contributed by atoms with Gasteiger partial charge in [-0.1, -0.05) is 30.7 Å². The lowest BCUT2D eigenvalue weighted by atomic mass is 10.1. The minimum atomic E-state index is -0.169. The van der Waals surface area contributed by atoms with E-state index in [1.807, 2.05) is 47.3 Å². The molecule has 0 saturated carbocycles. The van der Waals surface area contributed by atoms with Crippen molar-refractivity contribution >= 4 is 6.03 Å². The molecular weight excluding hydrogens is 378 g/mol. The van der Waals surface area contributed by atoms with Gasteiger partial charge in [0.1, 0.15) is 5.76 Å². The van der Waals surface area contributed by atoms with Crippen molar-refractivity contribution in [1.29, 1.82) is 0 Å². The standard InChI is InChI=1S/C23H29N5O2/c29-23(24-16-19-8-2-3-9-20(19)18-28-14-7-11-26-28)25-17-21(22-10-6-15-30-22)27-12-4-1-5-13-27/h2-3,6-11,14-15,21H,1,4-5,12-13,16-18H2,(H2,24,25,29). The molecule has 1 aromatic carbocycles. The molecule has 0 spiro atoms. The summed E-state index contributed by atoms with van der Waals surface area (Å²) in [4.78, 5) is 14.9. The number of piperidine rings is 1.